The molecule has 0 radical (unpaired) electrons. The highest BCUT2D eigenvalue weighted by molar-refractivity contribution is 5.96. The minimum absolute atomic E-state index is 0.108. The minimum Gasteiger partial charge on any atom is -0.485 e. The molecule has 2 fully saturated rings. The molecule has 12 nitrogen and oxygen atoms in total. The van der Waals surface area contributed by atoms with E-state index in [-0.39, 0.29) is 18.0 Å². The van der Waals surface area contributed by atoms with E-state index in [1.807, 2.05) is 81.3 Å². The van der Waals surface area contributed by atoms with E-state index < -0.39 is 11.7 Å². The second kappa shape index (κ2) is 12.8. The van der Waals surface area contributed by atoms with Crippen LogP contribution in [0.15, 0.2) is 73.2 Å². The zero-order valence-corrected chi connectivity index (χ0v) is 28.0. The van der Waals surface area contributed by atoms with E-state index in [0.29, 0.717) is 48.9 Å². The van der Waals surface area contributed by atoms with E-state index >= 15 is 0 Å². The zero-order chi connectivity index (χ0) is 34.3. The molecule has 1 atom stereocenters. The minimum atomic E-state index is -0.583. The second-order valence-electron chi connectivity index (χ2n) is 13.5. The van der Waals surface area contributed by atoms with Gasteiger partial charge in [0.05, 0.1) is 23.8 Å². The number of carbonyl (C=O) groups excluding carboxylic acids is 3. The number of hydrogen-bond donors (Lipinski definition) is 2. The molecule has 0 saturated carbocycles. The first-order valence-corrected chi connectivity index (χ1v) is 16.5. The lowest BCUT2D eigenvalue weighted by Crippen LogP contribution is -2.31. The van der Waals surface area contributed by atoms with Gasteiger partial charge in [-0.1, -0.05) is 12.1 Å². The summed E-state index contributed by atoms with van der Waals surface area (Å²) in [6, 6.07) is 17.0. The fraction of sp³-hybridized carbons (Fsp3) is 0.324. The van der Waals surface area contributed by atoms with Crippen molar-refractivity contribution < 1.29 is 23.9 Å². The fourth-order valence-corrected chi connectivity index (χ4v) is 6.37. The van der Waals surface area contributed by atoms with Gasteiger partial charge in [-0.3, -0.25) is 20.0 Å². The van der Waals surface area contributed by atoms with Crippen LogP contribution in [-0.4, -0.2) is 58.1 Å². The SMILES string of the molecule is CC1Oc2cc(N3CCCC3=O)ccc2-c2cnc(Nc3cncc(N4CCN(Cc5ccc(NC(=O)OC(C)(C)C)cc5)C4=O)c3)cc21. The topological polar surface area (TPSA) is 129 Å². The van der Waals surface area contributed by atoms with Gasteiger partial charge >= 0.3 is 12.1 Å². The van der Waals surface area contributed by atoms with Gasteiger partial charge in [-0.2, -0.15) is 0 Å². The maximum Gasteiger partial charge on any atom is 0.412 e. The summed E-state index contributed by atoms with van der Waals surface area (Å²) in [5, 5.41) is 6.07. The molecule has 4 aromatic rings. The highest BCUT2D eigenvalue weighted by Crippen LogP contribution is 2.44. The summed E-state index contributed by atoms with van der Waals surface area (Å²) in [5.41, 5.74) is 6.16. The van der Waals surface area contributed by atoms with Crippen molar-refractivity contribution in [3.63, 3.8) is 0 Å². The molecule has 3 aliphatic heterocycles. The number of fused-ring (bicyclic) bond motifs is 3. The molecular formula is C37H39N7O5. The Morgan fingerprint density at radius 3 is 2.49 bits per heavy atom. The van der Waals surface area contributed by atoms with Gasteiger partial charge in [0.15, 0.2) is 0 Å². The number of nitrogens with one attached hydrogen (secondary N) is 2. The number of urea groups is 1. The van der Waals surface area contributed by atoms with E-state index in [1.165, 1.54) is 0 Å². The Morgan fingerprint density at radius 1 is 0.918 bits per heavy atom. The number of ether oxygens (including phenoxy) is 2. The number of carbonyl (C=O) groups is 3. The van der Waals surface area contributed by atoms with Crippen LogP contribution in [0, 0.1) is 0 Å². The van der Waals surface area contributed by atoms with Crippen molar-refractivity contribution in [1.82, 2.24) is 14.9 Å². The average molecular weight is 662 g/mol. The first kappa shape index (κ1) is 31.9. The summed E-state index contributed by atoms with van der Waals surface area (Å²) < 4.78 is 11.6. The van der Waals surface area contributed by atoms with Crippen molar-refractivity contribution in [2.45, 2.75) is 58.8 Å². The molecule has 2 aromatic heterocycles. The van der Waals surface area contributed by atoms with Crippen LogP contribution >= 0.6 is 0 Å². The van der Waals surface area contributed by atoms with Gasteiger partial charge in [-0.15, -0.1) is 0 Å². The van der Waals surface area contributed by atoms with Crippen LogP contribution in [0.25, 0.3) is 11.1 Å². The van der Waals surface area contributed by atoms with Gasteiger partial charge < -0.3 is 24.6 Å². The lowest BCUT2D eigenvalue weighted by molar-refractivity contribution is -0.117. The zero-order valence-electron chi connectivity index (χ0n) is 28.0. The molecule has 0 aliphatic carbocycles. The summed E-state index contributed by atoms with van der Waals surface area (Å²) in [4.78, 5) is 52.2. The molecule has 2 saturated heterocycles. The van der Waals surface area contributed by atoms with Gasteiger partial charge in [-0.25, -0.2) is 14.6 Å². The van der Waals surface area contributed by atoms with Gasteiger partial charge in [0.25, 0.3) is 0 Å². The van der Waals surface area contributed by atoms with Gasteiger partial charge in [0.1, 0.15) is 23.3 Å². The lowest BCUT2D eigenvalue weighted by atomic mass is 9.94. The molecule has 0 spiro atoms. The number of pyridine rings is 2. The number of hydrogen-bond acceptors (Lipinski definition) is 8. The number of aromatic nitrogens is 2. The number of nitrogens with zero attached hydrogens (tertiary/aromatic N) is 5. The van der Waals surface area contributed by atoms with Crippen LogP contribution in [-0.2, 0) is 16.1 Å². The predicted octanol–water partition coefficient (Wildman–Crippen LogP) is 7.26. The standard InChI is InChI=1S/C37H39N7O5/c1-23-30-18-33(39-21-31(30)29-12-11-27(17-32(29)48-23)43-13-5-6-34(43)45)40-26-16-28(20-38-19-26)44-15-14-42(36(44)47)22-24-7-9-25(10-8-24)41-35(46)49-37(2,3)4/h7-12,16-21,23H,5-6,13-15,22H2,1-4H3,(H,39,40)(H,41,46). The Balaban J connectivity index is 1.000. The first-order valence-electron chi connectivity index (χ1n) is 16.5. The van der Waals surface area contributed by atoms with E-state index in [9.17, 15) is 14.4 Å². The van der Waals surface area contributed by atoms with Gasteiger partial charge in [0.2, 0.25) is 5.91 Å². The van der Waals surface area contributed by atoms with Crippen LogP contribution in [0.2, 0.25) is 0 Å². The number of amides is 4. The molecule has 1 unspecified atom stereocenters. The molecule has 4 amide bonds. The smallest absolute Gasteiger partial charge is 0.412 e. The largest absolute Gasteiger partial charge is 0.485 e. The molecule has 252 valence electrons. The predicted molar refractivity (Wildman–Crippen MR) is 187 cm³/mol. The molecular weight excluding hydrogens is 622 g/mol. The highest BCUT2D eigenvalue weighted by atomic mass is 16.6. The summed E-state index contributed by atoms with van der Waals surface area (Å²) in [7, 11) is 0. The van der Waals surface area contributed by atoms with E-state index in [2.05, 4.69) is 15.6 Å². The fourth-order valence-electron chi connectivity index (χ4n) is 6.37. The second-order valence-corrected chi connectivity index (χ2v) is 13.5. The van der Waals surface area contributed by atoms with E-state index in [1.54, 1.807) is 34.3 Å². The third-order valence-corrected chi connectivity index (χ3v) is 8.69. The quantitative estimate of drug-likeness (QED) is 0.212. The van der Waals surface area contributed by atoms with E-state index in [4.69, 9.17) is 14.5 Å². The number of rotatable bonds is 7. The van der Waals surface area contributed by atoms with Gasteiger partial charge in [0, 0.05) is 72.9 Å². The van der Waals surface area contributed by atoms with Crippen molar-refractivity contribution in [3.05, 3.63) is 84.3 Å². The Kier molecular flexibility index (Phi) is 8.31. The molecule has 3 aliphatic rings. The normalized spacial score (nSPS) is 17.1. The summed E-state index contributed by atoms with van der Waals surface area (Å²) in [6.45, 7) is 9.70. The Morgan fingerprint density at radius 2 is 1.73 bits per heavy atom. The van der Waals surface area contributed by atoms with Crippen molar-refractivity contribution in [3.8, 4) is 16.9 Å². The van der Waals surface area contributed by atoms with Gasteiger partial charge in [-0.05, 0) is 76.1 Å². The Bertz CT molecular complexity index is 1920. The van der Waals surface area contributed by atoms with Crippen LogP contribution in [0.1, 0.15) is 57.8 Å². The molecule has 7 rings (SSSR count). The maximum absolute atomic E-state index is 13.4. The number of benzene rings is 2. The monoisotopic (exact) mass is 661 g/mol. The molecule has 2 N–H and O–H groups in total. The summed E-state index contributed by atoms with van der Waals surface area (Å²) in [6.07, 6.45) is 5.94. The third kappa shape index (κ3) is 6.85. The van der Waals surface area contributed by atoms with Crippen LogP contribution in [0.4, 0.5) is 38.2 Å². The molecule has 49 heavy (non-hydrogen) atoms. The maximum atomic E-state index is 13.4. The lowest BCUT2D eigenvalue weighted by Gasteiger charge is -2.28. The number of anilines is 5. The van der Waals surface area contributed by atoms with Crippen molar-refractivity contribution >= 4 is 46.6 Å². The first-order chi connectivity index (χ1) is 23.5. The van der Waals surface area contributed by atoms with Crippen LogP contribution in [0.5, 0.6) is 5.75 Å². The van der Waals surface area contributed by atoms with Crippen molar-refractivity contribution in [2.75, 3.05) is 40.1 Å². The van der Waals surface area contributed by atoms with Crippen molar-refractivity contribution in [1.29, 1.82) is 0 Å². The van der Waals surface area contributed by atoms with E-state index in [0.717, 1.165) is 46.7 Å². The van der Waals surface area contributed by atoms with Crippen LogP contribution < -0.4 is 25.2 Å². The highest BCUT2D eigenvalue weighted by Gasteiger charge is 2.31. The molecule has 12 heteroatoms. The molecule has 5 heterocycles. The molecule has 0 bridgehead atoms. The third-order valence-electron chi connectivity index (χ3n) is 8.69. The van der Waals surface area contributed by atoms with Crippen molar-refractivity contribution in [2.24, 2.45) is 0 Å². The summed E-state index contributed by atoms with van der Waals surface area (Å²) in [5.74, 6) is 1.52. The summed E-state index contributed by atoms with van der Waals surface area (Å²) >= 11 is 0. The molecule has 2 aromatic carbocycles. The average Bonchev–Trinajstić information content (AvgIpc) is 3.65. The van der Waals surface area contributed by atoms with Crippen LogP contribution in [0.3, 0.4) is 0 Å². The Labute approximate surface area is 285 Å². The Hall–Kier alpha value is -5.65.